The van der Waals surface area contributed by atoms with E-state index >= 15 is 0 Å². The van der Waals surface area contributed by atoms with E-state index in [0.29, 0.717) is 12.3 Å². The number of allylic oxidation sites excluding steroid dienone is 2. The third-order valence-electron chi connectivity index (χ3n) is 6.53. The second-order valence-electron chi connectivity index (χ2n) is 8.20. The normalized spacial score (nSPS) is 29.7. The highest BCUT2D eigenvalue weighted by atomic mass is 79.9. The lowest BCUT2D eigenvalue weighted by atomic mass is 9.68. The second kappa shape index (κ2) is 9.73. The van der Waals surface area contributed by atoms with Crippen LogP contribution in [-0.2, 0) is 4.79 Å². The van der Waals surface area contributed by atoms with Crippen LogP contribution in [0.4, 0.5) is 0 Å². The molecule has 3 heteroatoms. The van der Waals surface area contributed by atoms with Gasteiger partial charge in [-0.3, -0.25) is 4.79 Å². The van der Waals surface area contributed by atoms with E-state index in [1.54, 1.807) is 0 Å². The van der Waals surface area contributed by atoms with Crippen molar-refractivity contribution in [3.63, 3.8) is 0 Å². The lowest BCUT2D eigenvalue weighted by Gasteiger charge is -2.37. The standard InChI is InChI=1S/C23H31BrO2/c24-22-15-13-21(14-16-22)20-11-9-19(10-12-20)18-7-5-17(6-8-18)3-1-2-4-23(25)26/h1,3,13-20H,2,4-12H2,(H,25,26). The molecule has 2 aliphatic rings. The molecule has 1 aromatic rings. The van der Waals surface area contributed by atoms with Gasteiger partial charge in [0.05, 0.1) is 0 Å². The Morgan fingerprint density at radius 3 is 2.12 bits per heavy atom. The van der Waals surface area contributed by atoms with Gasteiger partial charge in [0.1, 0.15) is 0 Å². The summed E-state index contributed by atoms with van der Waals surface area (Å²) in [7, 11) is 0. The van der Waals surface area contributed by atoms with Gasteiger partial charge in [0.2, 0.25) is 0 Å². The van der Waals surface area contributed by atoms with Gasteiger partial charge in [0, 0.05) is 10.9 Å². The van der Waals surface area contributed by atoms with E-state index in [9.17, 15) is 4.79 Å². The number of rotatable bonds is 6. The third kappa shape index (κ3) is 5.70. The summed E-state index contributed by atoms with van der Waals surface area (Å²) in [6.45, 7) is 0. The van der Waals surface area contributed by atoms with Crippen LogP contribution >= 0.6 is 15.9 Å². The Morgan fingerprint density at radius 1 is 0.962 bits per heavy atom. The van der Waals surface area contributed by atoms with E-state index < -0.39 is 5.97 Å². The van der Waals surface area contributed by atoms with Crippen LogP contribution in [0.5, 0.6) is 0 Å². The van der Waals surface area contributed by atoms with Crippen LogP contribution in [0.25, 0.3) is 0 Å². The van der Waals surface area contributed by atoms with Gasteiger partial charge in [-0.2, -0.15) is 0 Å². The van der Waals surface area contributed by atoms with Crippen molar-refractivity contribution in [1.82, 2.24) is 0 Å². The zero-order valence-electron chi connectivity index (χ0n) is 15.6. The number of aliphatic carboxylic acids is 1. The smallest absolute Gasteiger partial charge is 0.303 e. The van der Waals surface area contributed by atoms with Crippen LogP contribution in [0.1, 0.15) is 75.7 Å². The molecule has 0 bridgehead atoms. The Labute approximate surface area is 166 Å². The van der Waals surface area contributed by atoms with E-state index in [2.05, 4.69) is 52.3 Å². The Bertz CT molecular complexity index is 591. The molecule has 2 nitrogen and oxygen atoms in total. The highest BCUT2D eigenvalue weighted by Crippen LogP contribution is 2.44. The Balaban J connectivity index is 1.39. The number of carbonyl (C=O) groups is 1. The molecule has 0 unspecified atom stereocenters. The molecule has 0 saturated heterocycles. The summed E-state index contributed by atoms with van der Waals surface area (Å²) in [6.07, 6.45) is 16.1. The van der Waals surface area contributed by atoms with Gasteiger partial charge < -0.3 is 5.11 Å². The number of carboxylic acid groups (broad SMARTS) is 1. The van der Waals surface area contributed by atoms with E-state index in [1.807, 2.05) is 0 Å². The van der Waals surface area contributed by atoms with Crippen molar-refractivity contribution in [3.05, 3.63) is 46.5 Å². The molecule has 0 spiro atoms. The van der Waals surface area contributed by atoms with Crippen LogP contribution < -0.4 is 0 Å². The van der Waals surface area contributed by atoms with Gasteiger partial charge in [-0.15, -0.1) is 0 Å². The van der Waals surface area contributed by atoms with Crippen molar-refractivity contribution in [2.24, 2.45) is 17.8 Å². The van der Waals surface area contributed by atoms with Gasteiger partial charge in [-0.1, -0.05) is 40.2 Å². The quantitative estimate of drug-likeness (QED) is 0.507. The fourth-order valence-corrected chi connectivity index (χ4v) is 5.23. The maximum absolute atomic E-state index is 10.6. The van der Waals surface area contributed by atoms with Gasteiger partial charge in [0.25, 0.3) is 0 Å². The monoisotopic (exact) mass is 418 g/mol. The predicted octanol–water partition coefficient (Wildman–Crippen LogP) is 6.95. The highest BCUT2D eigenvalue weighted by molar-refractivity contribution is 9.10. The summed E-state index contributed by atoms with van der Waals surface area (Å²) in [5.74, 6) is 2.59. The molecule has 142 valence electrons. The molecular weight excluding hydrogens is 388 g/mol. The van der Waals surface area contributed by atoms with Crippen molar-refractivity contribution < 1.29 is 9.90 Å². The molecule has 2 fully saturated rings. The molecule has 26 heavy (non-hydrogen) atoms. The maximum Gasteiger partial charge on any atom is 0.303 e. The first-order valence-corrected chi connectivity index (χ1v) is 11.0. The molecule has 1 N–H and O–H groups in total. The van der Waals surface area contributed by atoms with E-state index in [0.717, 1.165) is 17.8 Å². The van der Waals surface area contributed by atoms with Crippen molar-refractivity contribution in [2.45, 2.75) is 70.1 Å². The first-order chi connectivity index (χ1) is 12.6. The summed E-state index contributed by atoms with van der Waals surface area (Å²) in [5.41, 5.74) is 1.52. The zero-order valence-corrected chi connectivity index (χ0v) is 17.2. The molecule has 0 amide bonds. The third-order valence-corrected chi connectivity index (χ3v) is 7.06. The fraction of sp³-hybridized carbons (Fsp3) is 0.609. The lowest BCUT2D eigenvalue weighted by Crippen LogP contribution is -2.25. The van der Waals surface area contributed by atoms with Crippen molar-refractivity contribution >= 4 is 21.9 Å². The fourth-order valence-electron chi connectivity index (χ4n) is 4.96. The number of benzene rings is 1. The summed E-state index contributed by atoms with van der Waals surface area (Å²) < 4.78 is 1.17. The van der Waals surface area contributed by atoms with Crippen LogP contribution in [0, 0.1) is 17.8 Å². The summed E-state index contributed by atoms with van der Waals surface area (Å²) in [5, 5.41) is 8.70. The van der Waals surface area contributed by atoms with Gasteiger partial charge >= 0.3 is 5.97 Å². The Kier molecular flexibility index (Phi) is 7.36. The molecule has 2 saturated carbocycles. The molecule has 0 heterocycles. The molecule has 2 aliphatic carbocycles. The van der Waals surface area contributed by atoms with E-state index in [-0.39, 0.29) is 6.42 Å². The van der Waals surface area contributed by atoms with Crippen molar-refractivity contribution in [2.75, 3.05) is 0 Å². The minimum atomic E-state index is -0.697. The number of hydrogen-bond donors (Lipinski definition) is 1. The first kappa shape index (κ1) is 19.7. The van der Waals surface area contributed by atoms with Crippen molar-refractivity contribution in [3.8, 4) is 0 Å². The minimum absolute atomic E-state index is 0.257. The zero-order chi connectivity index (χ0) is 18.4. The highest BCUT2D eigenvalue weighted by Gasteiger charge is 2.30. The minimum Gasteiger partial charge on any atom is -0.481 e. The van der Waals surface area contributed by atoms with Gasteiger partial charge in [-0.05, 0) is 99.2 Å². The molecule has 1 aromatic carbocycles. The van der Waals surface area contributed by atoms with Crippen LogP contribution in [0.2, 0.25) is 0 Å². The molecule has 3 rings (SSSR count). The number of hydrogen-bond acceptors (Lipinski definition) is 1. The lowest BCUT2D eigenvalue weighted by molar-refractivity contribution is -0.136. The van der Waals surface area contributed by atoms with E-state index in [4.69, 9.17) is 5.11 Å². The summed E-state index contributed by atoms with van der Waals surface area (Å²) in [4.78, 5) is 10.6. The molecule has 0 aliphatic heterocycles. The predicted molar refractivity (Wildman–Crippen MR) is 110 cm³/mol. The topological polar surface area (TPSA) is 37.3 Å². The van der Waals surface area contributed by atoms with Crippen molar-refractivity contribution in [1.29, 1.82) is 0 Å². The number of carboxylic acids is 1. The SMILES string of the molecule is O=C(O)CCC=CC1CCC(C2CCC(c3ccc(Br)cc3)CC2)CC1. The average molecular weight is 419 g/mol. The molecule has 0 radical (unpaired) electrons. The molecule has 0 atom stereocenters. The maximum atomic E-state index is 10.6. The Hall–Kier alpha value is -1.09. The first-order valence-electron chi connectivity index (χ1n) is 10.3. The summed E-state index contributed by atoms with van der Waals surface area (Å²) >= 11 is 3.53. The van der Waals surface area contributed by atoms with Crippen LogP contribution in [-0.4, -0.2) is 11.1 Å². The number of halogens is 1. The van der Waals surface area contributed by atoms with Crippen LogP contribution in [0.15, 0.2) is 40.9 Å². The molecular formula is C23H31BrO2. The largest absolute Gasteiger partial charge is 0.481 e. The van der Waals surface area contributed by atoms with Gasteiger partial charge in [-0.25, -0.2) is 0 Å². The Morgan fingerprint density at radius 2 is 1.54 bits per heavy atom. The van der Waals surface area contributed by atoms with E-state index in [1.165, 1.54) is 61.4 Å². The molecule has 0 aromatic heterocycles. The van der Waals surface area contributed by atoms with Crippen LogP contribution in [0.3, 0.4) is 0 Å². The average Bonchev–Trinajstić information content (AvgIpc) is 2.66. The second-order valence-corrected chi connectivity index (χ2v) is 9.11. The van der Waals surface area contributed by atoms with Gasteiger partial charge in [0.15, 0.2) is 0 Å². The summed E-state index contributed by atoms with van der Waals surface area (Å²) in [6, 6.07) is 8.92.